The minimum absolute atomic E-state index is 0.0993. The molecule has 0 heterocycles. The van der Waals surface area contributed by atoms with Crippen LogP contribution in [0, 0.1) is 5.82 Å². The van der Waals surface area contributed by atoms with E-state index in [-0.39, 0.29) is 18.5 Å². The summed E-state index contributed by atoms with van der Waals surface area (Å²) in [6, 6.07) is 1.93. The Labute approximate surface area is 110 Å². The summed E-state index contributed by atoms with van der Waals surface area (Å²) in [5.74, 6) is -6.18. The van der Waals surface area contributed by atoms with E-state index in [2.05, 4.69) is 0 Å². The van der Waals surface area contributed by atoms with Crippen LogP contribution in [0.25, 0.3) is 0 Å². The number of rotatable bonds is 4. The van der Waals surface area contributed by atoms with Crippen LogP contribution in [0.4, 0.5) is 26.3 Å². The number of carbonyl (C=O) groups is 1. The molecule has 0 aliphatic carbocycles. The lowest BCUT2D eigenvalue weighted by Gasteiger charge is -2.12. The Kier molecular flexibility index (Phi) is 4.67. The van der Waals surface area contributed by atoms with Crippen LogP contribution >= 0.6 is 0 Å². The van der Waals surface area contributed by atoms with Gasteiger partial charge in [0.15, 0.2) is 0 Å². The van der Waals surface area contributed by atoms with E-state index >= 15 is 0 Å². The Bertz CT molecular complexity index is 492. The van der Waals surface area contributed by atoms with E-state index < -0.39 is 29.4 Å². The maximum absolute atomic E-state index is 13.4. The Balaban J connectivity index is 2.65. The molecule has 0 aliphatic heterocycles. The lowest BCUT2D eigenvalue weighted by Crippen LogP contribution is -2.38. The van der Waals surface area contributed by atoms with Crippen molar-refractivity contribution in [2.24, 2.45) is 0 Å². The van der Waals surface area contributed by atoms with Gasteiger partial charge in [0, 0.05) is 13.5 Å². The number of alkyl halides is 5. The fourth-order valence-electron chi connectivity index (χ4n) is 1.39. The van der Waals surface area contributed by atoms with E-state index in [0.717, 1.165) is 6.07 Å². The van der Waals surface area contributed by atoms with E-state index in [1.54, 1.807) is 0 Å². The Morgan fingerprint density at radius 1 is 1.20 bits per heavy atom. The molecule has 0 unspecified atom stereocenters. The predicted molar refractivity (Wildman–Crippen MR) is 58.7 cm³/mol. The second-order valence-electron chi connectivity index (χ2n) is 4.20. The summed E-state index contributed by atoms with van der Waals surface area (Å²) < 4.78 is 75.2. The van der Waals surface area contributed by atoms with Gasteiger partial charge in [-0.25, -0.2) is 4.39 Å². The first-order valence-electron chi connectivity index (χ1n) is 5.53. The number of amides is 1. The van der Waals surface area contributed by atoms with Gasteiger partial charge in [-0.1, -0.05) is 6.07 Å². The van der Waals surface area contributed by atoms with Crippen LogP contribution < -0.4 is 5.32 Å². The molecule has 0 aliphatic rings. The molecular formula is C12H11F6NO. The van der Waals surface area contributed by atoms with Gasteiger partial charge in [-0.3, -0.25) is 4.79 Å². The van der Waals surface area contributed by atoms with Crippen LogP contribution in [-0.2, 0) is 17.4 Å². The van der Waals surface area contributed by atoms with Crippen LogP contribution in [0.5, 0.6) is 0 Å². The summed E-state index contributed by atoms with van der Waals surface area (Å²) in [7, 11) is 0. The van der Waals surface area contributed by atoms with Gasteiger partial charge in [0.2, 0.25) is 0 Å². The Morgan fingerprint density at radius 2 is 1.80 bits per heavy atom. The minimum atomic E-state index is -4.65. The summed E-state index contributed by atoms with van der Waals surface area (Å²) in [6.45, 7) is 0.103. The van der Waals surface area contributed by atoms with Crippen molar-refractivity contribution in [3.63, 3.8) is 0 Å². The molecule has 20 heavy (non-hydrogen) atoms. The van der Waals surface area contributed by atoms with Crippen molar-refractivity contribution >= 4 is 5.91 Å². The standard InChI is InChI=1S/C12H11F6NO/c1-11(14,15)10(20)19-5-4-7-2-3-8(6-9(7)13)12(16,17)18/h2-3,6H,4-5H2,1H3,(H,19,20). The van der Waals surface area contributed by atoms with Crippen LogP contribution in [0.2, 0.25) is 0 Å². The summed E-state index contributed by atoms with van der Waals surface area (Å²) in [4.78, 5) is 10.8. The fourth-order valence-corrected chi connectivity index (χ4v) is 1.39. The number of benzene rings is 1. The van der Waals surface area contributed by atoms with Gasteiger partial charge in [-0.15, -0.1) is 0 Å². The van der Waals surface area contributed by atoms with E-state index in [0.29, 0.717) is 19.1 Å². The van der Waals surface area contributed by atoms with Crippen molar-refractivity contribution in [2.75, 3.05) is 6.54 Å². The molecule has 1 rings (SSSR count). The molecule has 2 nitrogen and oxygen atoms in total. The summed E-state index contributed by atoms with van der Waals surface area (Å²) in [5.41, 5.74) is -1.24. The van der Waals surface area contributed by atoms with Gasteiger partial charge < -0.3 is 5.32 Å². The topological polar surface area (TPSA) is 29.1 Å². The smallest absolute Gasteiger partial charge is 0.351 e. The molecule has 0 atom stereocenters. The first-order valence-corrected chi connectivity index (χ1v) is 5.53. The third-order valence-electron chi connectivity index (χ3n) is 2.46. The van der Waals surface area contributed by atoms with Crippen molar-refractivity contribution in [1.29, 1.82) is 0 Å². The maximum Gasteiger partial charge on any atom is 0.416 e. The van der Waals surface area contributed by atoms with Gasteiger partial charge in [0.25, 0.3) is 5.91 Å². The molecule has 8 heteroatoms. The van der Waals surface area contributed by atoms with Gasteiger partial charge in [-0.05, 0) is 24.1 Å². The molecule has 0 bridgehead atoms. The van der Waals surface area contributed by atoms with E-state index in [1.807, 2.05) is 5.32 Å². The normalized spacial score (nSPS) is 12.3. The van der Waals surface area contributed by atoms with Crippen LogP contribution in [0.1, 0.15) is 18.1 Å². The fraction of sp³-hybridized carbons (Fsp3) is 0.417. The zero-order valence-corrected chi connectivity index (χ0v) is 10.3. The minimum Gasteiger partial charge on any atom is -0.351 e. The van der Waals surface area contributed by atoms with Crippen molar-refractivity contribution in [3.8, 4) is 0 Å². The molecule has 1 aromatic rings. The van der Waals surface area contributed by atoms with E-state index in [4.69, 9.17) is 0 Å². The van der Waals surface area contributed by atoms with Crippen molar-refractivity contribution in [1.82, 2.24) is 5.32 Å². The third kappa shape index (κ3) is 4.43. The largest absolute Gasteiger partial charge is 0.416 e. The molecule has 1 amide bonds. The SMILES string of the molecule is CC(F)(F)C(=O)NCCc1ccc(C(F)(F)F)cc1F. The highest BCUT2D eigenvalue weighted by atomic mass is 19.4. The Hall–Kier alpha value is -1.73. The molecule has 0 saturated heterocycles. The highest BCUT2D eigenvalue weighted by molar-refractivity contribution is 5.82. The average molecular weight is 299 g/mol. The second-order valence-corrected chi connectivity index (χ2v) is 4.20. The lowest BCUT2D eigenvalue weighted by atomic mass is 10.1. The summed E-state index contributed by atoms with van der Waals surface area (Å²) in [6.07, 6.45) is -4.84. The highest BCUT2D eigenvalue weighted by Crippen LogP contribution is 2.30. The molecule has 0 fully saturated rings. The number of carbonyl (C=O) groups excluding carboxylic acids is 1. The van der Waals surface area contributed by atoms with E-state index in [1.165, 1.54) is 0 Å². The number of hydrogen-bond donors (Lipinski definition) is 1. The molecule has 112 valence electrons. The molecular weight excluding hydrogens is 288 g/mol. The summed E-state index contributed by atoms with van der Waals surface area (Å²) >= 11 is 0. The predicted octanol–water partition coefficient (Wildman–Crippen LogP) is 3.16. The molecule has 1 N–H and O–H groups in total. The zero-order chi connectivity index (χ0) is 15.6. The third-order valence-corrected chi connectivity index (χ3v) is 2.46. The van der Waals surface area contributed by atoms with Crippen LogP contribution in [0.15, 0.2) is 18.2 Å². The van der Waals surface area contributed by atoms with Crippen LogP contribution in [0.3, 0.4) is 0 Å². The average Bonchev–Trinajstić information content (AvgIpc) is 2.28. The van der Waals surface area contributed by atoms with Gasteiger partial charge in [0.05, 0.1) is 5.56 Å². The zero-order valence-electron chi connectivity index (χ0n) is 10.3. The summed E-state index contributed by atoms with van der Waals surface area (Å²) in [5, 5.41) is 1.87. The van der Waals surface area contributed by atoms with Crippen molar-refractivity contribution in [2.45, 2.75) is 25.4 Å². The molecule has 1 aromatic carbocycles. The second kappa shape index (κ2) is 5.72. The van der Waals surface area contributed by atoms with Crippen LogP contribution in [-0.4, -0.2) is 18.4 Å². The highest BCUT2D eigenvalue weighted by Gasteiger charge is 2.32. The maximum atomic E-state index is 13.4. The first-order chi connectivity index (χ1) is 9.01. The Morgan fingerprint density at radius 3 is 2.25 bits per heavy atom. The first kappa shape index (κ1) is 16.3. The lowest BCUT2D eigenvalue weighted by molar-refractivity contribution is -0.142. The monoisotopic (exact) mass is 299 g/mol. The van der Waals surface area contributed by atoms with Gasteiger partial charge in [-0.2, -0.15) is 22.0 Å². The van der Waals surface area contributed by atoms with E-state index in [9.17, 15) is 31.1 Å². The van der Waals surface area contributed by atoms with Gasteiger partial charge >= 0.3 is 12.1 Å². The number of nitrogens with one attached hydrogen (secondary N) is 1. The molecule has 0 saturated carbocycles. The van der Waals surface area contributed by atoms with Gasteiger partial charge in [0.1, 0.15) is 5.82 Å². The molecule has 0 aromatic heterocycles. The number of hydrogen-bond acceptors (Lipinski definition) is 1. The van der Waals surface area contributed by atoms with Crippen molar-refractivity contribution in [3.05, 3.63) is 35.1 Å². The molecule has 0 spiro atoms. The quantitative estimate of drug-likeness (QED) is 0.850. The molecule has 0 radical (unpaired) electrons. The van der Waals surface area contributed by atoms with Crippen molar-refractivity contribution < 1.29 is 31.1 Å². The number of halogens is 6.